The highest BCUT2D eigenvalue weighted by molar-refractivity contribution is 7.92. The number of rotatable bonds is 4. The second-order valence-corrected chi connectivity index (χ2v) is 9.75. The molecule has 8 nitrogen and oxygen atoms in total. The minimum absolute atomic E-state index is 0.0885. The van der Waals surface area contributed by atoms with Gasteiger partial charge in [-0.05, 0) is 50.3 Å². The fraction of sp³-hybridized carbons (Fsp3) is 0.550. The molecule has 0 saturated carbocycles. The molecule has 1 saturated heterocycles. The number of anilines is 1. The van der Waals surface area contributed by atoms with E-state index >= 15 is 0 Å². The molecule has 3 heterocycles. The Hall–Kier alpha value is -2.42. The van der Waals surface area contributed by atoms with E-state index in [1.807, 2.05) is 11.8 Å². The van der Waals surface area contributed by atoms with Gasteiger partial charge in [-0.3, -0.25) is 9.52 Å². The predicted molar refractivity (Wildman–Crippen MR) is 110 cm³/mol. The van der Waals surface area contributed by atoms with E-state index in [0.717, 1.165) is 62.1 Å². The first-order valence-corrected chi connectivity index (χ1v) is 12.0. The molecule has 0 bridgehead atoms. The van der Waals surface area contributed by atoms with Gasteiger partial charge < -0.3 is 9.47 Å². The summed E-state index contributed by atoms with van der Waals surface area (Å²) in [4.78, 5) is 15.2. The Balaban J connectivity index is 1.62. The van der Waals surface area contributed by atoms with Crippen molar-refractivity contribution in [3.63, 3.8) is 0 Å². The van der Waals surface area contributed by atoms with Gasteiger partial charge in [0.15, 0.2) is 5.82 Å². The Morgan fingerprint density at radius 1 is 1.14 bits per heavy atom. The molecule has 1 atom stereocenters. The van der Waals surface area contributed by atoms with E-state index in [2.05, 4.69) is 19.5 Å². The Labute approximate surface area is 171 Å². The number of fused-ring (bicyclic) bond motifs is 1. The van der Waals surface area contributed by atoms with Crippen LogP contribution in [0.5, 0.6) is 0 Å². The molecule has 0 radical (unpaired) electrons. The first-order valence-electron chi connectivity index (χ1n) is 10.1. The van der Waals surface area contributed by atoms with Crippen LogP contribution in [0.2, 0.25) is 0 Å². The number of sulfonamides is 1. The number of aromatic nitrogens is 3. The average Bonchev–Trinajstić information content (AvgIpc) is 3.22. The van der Waals surface area contributed by atoms with E-state index in [0.29, 0.717) is 17.8 Å². The number of amides is 1. The molecule has 1 N–H and O–H groups in total. The topological polar surface area (TPSA) is 97.2 Å². The van der Waals surface area contributed by atoms with Gasteiger partial charge in [0.25, 0.3) is 5.91 Å². The van der Waals surface area contributed by atoms with Crippen LogP contribution in [0.3, 0.4) is 0 Å². The number of nitrogens with zero attached hydrogens (tertiary/aromatic N) is 4. The first kappa shape index (κ1) is 19.9. The predicted octanol–water partition coefficient (Wildman–Crippen LogP) is 2.66. The molecule has 1 aromatic heterocycles. The van der Waals surface area contributed by atoms with Gasteiger partial charge in [0.1, 0.15) is 5.82 Å². The van der Waals surface area contributed by atoms with Crippen molar-refractivity contribution in [3.8, 4) is 0 Å². The molecule has 1 aromatic carbocycles. The zero-order chi connectivity index (χ0) is 20.6. The Bertz CT molecular complexity index is 1030. The second-order valence-electron chi connectivity index (χ2n) is 8.00. The summed E-state index contributed by atoms with van der Waals surface area (Å²) in [6.45, 7) is 3.38. The lowest BCUT2D eigenvalue weighted by Crippen LogP contribution is -2.32. The van der Waals surface area contributed by atoms with E-state index in [9.17, 15) is 13.2 Å². The average molecular weight is 418 g/mol. The number of hydrogen-bond acceptors (Lipinski definition) is 5. The van der Waals surface area contributed by atoms with Gasteiger partial charge in [-0.1, -0.05) is 12.5 Å². The molecule has 0 spiro atoms. The molecule has 2 aromatic rings. The number of carbonyl (C=O) groups is 1. The van der Waals surface area contributed by atoms with Crippen molar-refractivity contribution in [1.82, 2.24) is 19.7 Å². The summed E-state index contributed by atoms with van der Waals surface area (Å²) in [5.74, 6) is 1.80. The third-order valence-corrected chi connectivity index (χ3v) is 6.32. The number of likely N-dealkylation sites (tertiary alicyclic amines) is 1. The molecular weight excluding hydrogens is 390 g/mol. The fourth-order valence-electron chi connectivity index (χ4n) is 4.26. The lowest BCUT2D eigenvalue weighted by molar-refractivity contribution is 0.0727. The number of carbonyl (C=O) groups excluding carboxylic acids is 1. The summed E-state index contributed by atoms with van der Waals surface area (Å²) in [6, 6.07) is 5.06. The van der Waals surface area contributed by atoms with Crippen molar-refractivity contribution in [3.05, 3.63) is 41.0 Å². The Morgan fingerprint density at radius 2 is 1.97 bits per heavy atom. The fourth-order valence-corrected chi connectivity index (χ4v) is 4.88. The van der Waals surface area contributed by atoms with Crippen LogP contribution in [0.4, 0.5) is 5.69 Å². The first-order chi connectivity index (χ1) is 13.8. The van der Waals surface area contributed by atoms with Crippen molar-refractivity contribution in [1.29, 1.82) is 0 Å². The quantitative estimate of drug-likeness (QED) is 0.825. The molecule has 9 heteroatoms. The summed E-state index contributed by atoms with van der Waals surface area (Å²) >= 11 is 0. The highest BCUT2D eigenvalue weighted by Gasteiger charge is 2.35. The maximum absolute atomic E-state index is 13.3. The smallest absolute Gasteiger partial charge is 0.254 e. The zero-order valence-electron chi connectivity index (χ0n) is 16.9. The van der Waals surface area contributed by atoms with Gasteiger partial charge >= 0.3 is 0 Å². The van der Waals surface area contributed by atoms with Gasteiger partial charge in [-0.25, -0.2) is 8.42 Å². The molecule has 0 aliphatic carbocycles. The maximum Gasteiger partial charge on any atom is 0.254 e. The second kappa shape index (κ2) is 7.78. The third-order valence-electron chi connectivity index (χ3n) is 5.73. The zero-order valence-corrected chi connectivity index (χ0v) is 17.7. The van der Waals surface area contributed by atoms with Crippen molar-refractivity contribution in [2.24, 2.45) is 0 Å². The lowest BCUT2D eigenvalue weighted by atomic mass is 10.1. The molecule has 1 fully saturated rings. The van der Waals surface area contributed by atoms with Crippen LogP contribution in [0.15, 0.2) is 18.2 Å². The molecular formula is C20H27N5O3S. The highest BCUT2D eigenvalue weighted by atomic mass is 32.2. The van der Waals surface area contributed by atoms with Gasteiger partial charge in [0.2, 0.25) is 10.0 Å². The largest absolute Gasteiger partial charge is 0.328 e. The molecule has 2 aliphatic heterocycles. The van der Waals surface area contributed by atoms with Crippen molar-refractivity contribution >= 4 is 21.6 Å². The van der Waals surface area contributed by atoms with E-state index < -0.39 is 10.0 Å². The van der Waals surface area contributed by atoms with Crippen molar-refractivity contribution in [2.75, 3.05) is 17.5 Å². The minimum atomic E-state index is -3.42. The van der Waals surface area contributed by atoms with Crippen LogP contribution >= 0.6 is 0 Å². The van der Waals surface area contributed by atoms with Crippen molar-refractivity contribution in [2.45, 2.75) is 58.0 Å². The van der Waals surface area contributed by atoms with E-state index in [4.69, 9.17) is 0 Å². The third kappa shape index (κ3) is 4.14. The summed E-state index contributed by atoms with van der Waals surface area (Å²) in [6.07, 6.45) is 7.25. The van der Waals surface area contributed by atoms with E-state index in [1.165, 1.54) is 6.42 Å². The monoisotopic (exact) mass is 417 g/mol. The van der Waals surface area contributed by atoms with Crippen LogP contribution < -0.4 is 4.72 Å². The van der Waals surface area contributed by atoms with Crippen LogP contribution in [-0.2, 0) is 23.0 Å². The van der Waals surface area contributed by atoms with Gasteiger partial charge in [-0.15, -0.1) is 10.2 Å². The van der Waals surface area contributed by atoms with Gasteiger partial charge in [-0.2, -0.15) is 0 Å². The highest BCUT2D eigenvalue weighted by Crippen LogP contribution is 2.34. The number of nitrogens with one attached hydrogen (secondary N) is 1. The normalized spacial score (nSPS) is 19.7. The van der Waals surface area contributed by atoms with E-state index in [1.54, 1.807) is 18.2 Å². The molecule has 2 aliphatic rings. The van der Waals surface area contributed by atoms with Crippen LogP contribution in [-0.4, -0.2) is 46.8 Å². The van der Waals surface area contributed by atoms with Crippen LogP contribution in [0.1, 0.15) is 65.7 Å². The molecule has 156 valence electrons. The lowest BCUT2D eigenvalue weighted by Gasteiger charge is -2.25. The van der Waals surface area contributed by atoms with Crippen LogP contribution in [0.25, 0.3) is 0 Å². The van der Waals surface area contributed by atoms with Crippen LogP contribution in [0, 0.1) is 6.92 Å². The number of benzene rings is 1. The summed E-state index contributed by atoms with van der Waals surface area (Å²) in [5.41, 5.74) is 1.68. The maximum atomic E-state index is 13.3. The molecule has 0 unspecified atom stereocenters. The molecule has 4 rings (SSSR count). The minimum Gasteiger partial charge on any atom is -0.328 e. The van der Waals surface area contributed by atoms with Crippen molar-refractivity contribution < 1.29 is 13.2 Å². The number of aryl methyl sites for hydroxylation is 2. The van der Waals surface area contributed by atoms with E-state index in [-0.39, 0.29) is 11.9 Å². The van der Waals surface area contributed by atoms with Gasteiger partial charge in [0.05, 0.1) is 18.0 Å². The summed E-state index contributed by atoms with van der Waals surface area (Å²) < 4.78 is 28.0. The Morgan fingerprint density at radius 3 is 2.76 bits per heavy atom. The summed E-state index contributed by atoms with van der Waals surface area (Å²) in [7, 11) is -3.42. The summed E-state index contributed by atoms with van der Waals surface area (Å²) in [5, 5.41) is 8.85. The van der Waals surface area contributed by atoms with Gasteiger partial charge in [0, 0.05) is 25.1 Å². The standard InChI is InChI=1S/C20H27N5O3S/c1-14-9-10-15(13-16(14)23-29(2,27)28)20(26)24-12-6-7-17(24)19-22-21-18-8-4-3-5-11-25(18)19/h9-10,13,17,23H,3-8,11-12H2,1-2H3/t17-/m0/s1. The molecule has 29 heavy (non-hydrogen) atoms. The molecule has 1 amide bonds. The SMILES string of the molecule is Cc1ccc(C(=O)N2CCC[C@H]2c2nnc3n2CCCCC3)cc1NS(C)(=O)=O. The Kier molecular flexibility index (Phi) is 5.33. The number of hydrogen-bond donors (Lipinski definition) is 1.